The summed E-state index contributed by atoms with van der Waals surface area (Å²) in [7, 11) is 0. The molecule has 2 heterocycles. The van der Waals surface area contributed by atoms with E-state index in [4.69, 9.17) is 4.74 Å². The number of Topliss-reactive ketones (excluding diaryl/α,β-unsaturated/α-hetero) is 1. The second kappa shape index (κ2) is 5.00. The van der Waals surface area contributed by atoms with Crippen molar-refractivity contribution in [1.29, 1.82) is 0 Å². The molecule has 1 aromatic heterocycles. The highest BCUT2D eigenvalue weighted by atomic mass is 16.5. The Bertz CT molecular complexity index is 398. The number of carbonyl (C=O) groups excluding carboxylic acids is 1. The molecular formula is C13H20N2O2. The molecule has 2 unspecified atom stereocenters. The summed E-state index contributed by atoms with van der Waals surface area (Å²) < 4.78 is 7.31. The Morgan fingerprint density at radius 1 is 1.65 bits per heavy atom. The van der Waals surface area contributed by atoms with Gasteiger partial charge in [0.05, 0.1) is 24.8 Å². The van der Waals surface area contributed by atoms with E-state index in [2.05, 4.69) is 18.9 Å². The predicted molar refractivity (Wildman–Crippen MR) is 64.8 cm³/mol. The van der Waals surface area contributed by atoms with Crippen molar-refractivity contribution in [3.63, 3.8) is 0 Å². The molecule has 0 bridgehead atoms. The highest BCUT2D eigenvalue weighted by Gasteiger charge is 2.28. The third-order valence-corrected chi connectivity index (χ3v) is 3.20. The van der Waals surface area contributed by atoms with Crippen LogP contribution in [0.4, 0.5) is 0 Å². The highest BCUT2D eigenvalue weighted by molar-refractivity contribution is 5.83. The van der Waals surface area contributed by atoms with Crippen LogP contribution in [-0.2, 0) is 16.0 Å². The number of carbonyl (C=O) groups is 1. The summed E-state index contributed by atoms with van der Waals surface area (Å²) in [6, 6.07) is 2.27. The molecule has 1 aliphatic heterocycles. The van der Waals surface area contributed by atoms with Gasteiger partial charge in [-0.3, -0.25) is 9.48 Å². The number of rotatable bonds is 4. The molecule has 2 rings (SSSR count). The average Bonchev–Trinajstić information content (AvgIpc) is 2.86. The standard InChI is InChI=1S/C13H20N2O2/c1-9(2)15-5-4-12(14-15)7-13(16)11-6-10(3)17-8-11/h4-5,9-11H,6-8H2,1-3H3. The number of nitrogens with zero attached hydrogens (tertiary/aromatic N) is 2. The van der Waals surface area contributed by atoms with Crippen LogP contribution in [0.25, 0.3) is 0 Å². The zero-order valence-corrected chi connectivity index (χ0v) is 10.7. The minimum Gasteiger partial charge on any atom is -0.378 e. The quantitative estimate of drug-likeness (QED) is 0.803. The summed E-state index contributed by atoms with van der Waals surface area (Å²) >= 11 is 0. The van der Waals surface area contributed by atoms with E-state index in [0.717, 1.165) is 12.1 Å². The van der Waals surface area contributed by atoms with Crippen LogP contribution >= 0.6 is 0 Å². The van der Waals surface area contributed by atoms with Gasteiger partial charge >= 0.3 is 0 Å². The van der Waals surface area contributed by atoms with Crippen LogP contribution in [-0.4, -0.2) is 28.3 Å². The lowest BCUT2D eigenvalue weighted by Gasteiger charge is -2.06. The number of hydrogen-bond acceptors (Lipinski definition) is 3. The third kappa shape index (κ3) is 2.94. The first-order valence-corrected chi connectivity index (χ1v) is 6.24. The average molecular weight is 236 g/mol. The molecule has 1 aliphatic rings. The molecule has 1 fully saturated rings. The van der Waals surface area contributed by atoms with Gasteiger partial charge in [-0.2, -0.15) is 5.10 Å². The van der Waals surface area contributed by atoms with E-state index in [-0.39, 0.29) is 17.8 Å². The summed E-state index contributed by atoms with van der Waals surface area (Å²) in [5.41, 5.74) is 0.864. The molecule has 0 radical (unpaired) electrons. The molecule has 1 aromatic rings. The first-order valence-electron chi connectivity index (χ1n) is 6.24. The predicted octanol–water partition coefficient (Wildman–Crippen LogP) is 2.00. The fraction of sp³-hybridized carbons (Fsp3) is 0.692. The molecule has 1 saturated heterocycles. The minimum absolute atomic E-state index is 0.0641. The van der Waals surface area contributed by atoms with Gasteiger partial charge in [-0.1, -0.05) is 0 Å². The zero-order chi connectivity index (χ0) is 12.4. The van der Waals surface area contributed by atoms with E-state index in [1.165, 1.54) is 0 Å². The molecule has 94 valence electrons. The molecule has 0 aromatic carbocycles. The molecular weight excluding hydrogens is 216 g/mol. The minimum atomic E-state index is 0.0641. The SMILES string of the molecule is CC1CC(C(=O)Cc2ccn(C(C)C)n2)CO1. The topological polar surface area (TPSA) is 44.1 Å². The second-order valence-electron chi connectivity index (χ2n) is 5.10. The number of ketones is 1. The summed E-state index contributed by atoms with van der Waals surface area (Å²) in [4.78, 5) is 12.0. The van der Waals surface area contributed by atoms with Gasteiger partial charge in [0.1, 0.15) is 5.78 Å². The van der Waals surface area contributed by atoms with Crippen molar-refractivity contribution in [3.8, 4) is 0 Å². The summed E-state index contributed by atoms with van der Waals surface area (Å²) in [5.74, 6) is 0.317. The molecule has 17 heavy (non-hydrogen) atoms. The van der Waals surface area contributed by atoms with Crippen molar-refractivity contribution in [2.24, 2.45) is 5.92 Å². The van der Waals surface area contributed by atoms with Crippen LogP contribution in [0.5, 0.6) is 0 Å². The maximum Gasteiger partial charge on any atom is 0.144 e. The molecule has 0 N–H and O–H groups in total. The van der Waals surface area contributed by atoms with Gasteiger partial charge < -0.3 is 4.74 Å². The van der Waals surface area contributed by atoms with E-state index >= 15 is 0 Å². The van der Waals surface area contributed by atoms with Gasteiger partial charge in [0.2, 0.25) is 0 Å². The van der Waals surface area contributed by atoms with Crippen LogP contribution in [0.15, 0.2) is 12.3 Å². The molecule has 0 saturated carbocycles. The second-order valence-corrected chi connectivity index (χ2v) is 5.10. The van der Waals surface area contributed by atoms with E-state index in [1.54, 1.807) is 0 Å². The van der Waals surface area contributed by atoms with E-state index in [0.29, 0.717) is 19.1 Å². The highest BCUT2D eigenvalue weighted by Crippen LogP contribution is 2.21. The van der Waals surface area contributed by atoms with Gasteiger partial charge in [0, 0.05) is 18.2 Å². The lowest BCUT2D eigenvalue weighted by molar-refractivity contribution is -0.122. The van der Waals surface area contributed by atoms with Crippen molar-refractivity contribution in [2.75, 3.05) is 6.61 Å². The first kappa shape index (κ1) is 12.3. The van der Waals surface area contributed by atoms with Crippen LogP contribution in [0.2, 0.25) is 0 Å². The van der Waals surface area contributed by atoms with E-state index < -0.39 is 0 Å². The number of aromatic nitrogens is 2. The van der Waals surface area contributed by atoms with Gasteiger partial charge in [0.15, 0.2) is 0 Å². The van der Waals surface area contributed by atoms with Crippen molar-refractivity contribution in [1.82, 2.24) is 9.78 Å². The molecule has 0 spiro atoms. The monoisotopic (exact) mass is 236 g/mol. The molecule has 4 nitrogen and oxygen atoms in total. The Labute approximate surface area is 102 Å². The van der Waals surface area contributed by atoms with E-state index in [1.807, 2.05) is 23.9 Å². The fourth-order valence-corrected chi connectivity index (χ4v) is 2.12. The van der Waals surface area contributed by atoms with Gasteiger partial charge in [-0.25, -0.2) is 0 Å². The summed E-state index contributed by atoms with van der Waals surface area (Å²) in [6.45, 7) is 6.74. The molecule has 2 atom stereocenters. The maximum atomic E-state index is 12.0. The van der Waals surface area contributed by atoms with E-state index in [9.17, 15) is 4.79 Å². The van der Waals surface area contributed by atoms with Crippen LogP contribution < -0.4 is 0 Å². The largest absolute Gasteiger partial charge is 0.378 e. The Hall–Kier alpha value is -1.16. The number of hydrogen-bond donors (Lipinski definition) is 0. The van der Waals surface area contributed by atoms with Crippen LogP contribution in [0, 0.1) is 5.92 Å². The molecule has 4 heteroatoms. The van der Waals surface area contributed by atoms with Crippen molar-refractivity contribution in [2.45, 2.75) is 45.8 Å². The third-order valence-electron chi connectivity index (χ3n) is 3.20. The fourth-order valence-electron chi connectivity index (χ4n) is 2.12. The van der Waals surface area contributed by atoms with Crippen molar-refractivity contribution >= 4 is 5.78 Å². The van der Waals surface area contributed by atoms with Gasteiger partial charge in [-0.15, -0.1) is 0 Å². The zero-order valence-electron chi connectivity index (χ0n) is 10.7. The summed E-state index contributed by atoms with van der Waals surface area (Å²) in [5, 5.41) is 4.40. The first-order chi connectivity index (χ1) is 8.06. The van der Waals surface area contributed by atoms with Gasteiger partial charge in [0.25, 0.3) is 0 Å². The number of ether oxygens (including phenoxy) is 1. The normalized spacial score (nSPS) is 24.5. The smallest absolute Gasteiger partial charge is 0.144 e. The van der Waals surface area contributed by atoms with Gasteiger partial charge in [-0.05, 0) is 33.3 Å². The lowest BCUT2D eigenvalue weighted by atomic mass is 9.98. The van der Waals surface area contributed by atoms with Crippen molar-refractivity contribution < 1.29 is 9.53 Å². The Kier molecular flexibility index (Phi) is 3.62. The summed E-state index contributed by atoms with van der Waals surface area (Å²) in [6.07, 6.45) is 3.43. The van der Waals surface area contributed by atoms with Crippen molar-refractivity contribution in [3.05, 3.63) is 18.0 Å². The van der Waals surface area contributed by atoms with Crippen LogP contribution in [0.3, 0.4) is 0 Å². The molecule has 0 amide bonds. The Morgan fingerprint density at radius 3 is 2.94 bits per heavy atom. The van der Waals surface area contributed by atoms with Crippen LogP contribution in [0.1, 0.15) is 38.9 Å². The Balaban J connectivity index is 1.93. The molecule has 0 aliphatic carbocycles. The Morgan fingerprint density at radius 2 is 2.41 bits per heavy atom. The lowest BCUT2D eigenvalue weighted by Crippen LogP contribution is -2.17. The maximum absolute atomic E-state index is 12.0.